The Morgan fingerprint density at radius 1 is 1.25 bits per heavy atom. The Balaban J connectivity index is 2.65. The molecule has 0 radical (unpaired) electrons. The molecule has 2 nitrogen and oxygen atoms in total. The molecule has 0 fully saturated rings. The molecular weight excluding hydrogens is 198 g/mol. The normalized spacial score (nSPS) is 14.9. The van der Waals surface area contributed by atoms with E-state index in [4.69, 9.17) is 0 Å². The van der Waals surface area contributed by atoms with Crippen LogP contribution < -0.4 is 5.32 Å². The Hall–Kier alpha value is -1.02. The Bertz CT molecular complexity index is 356. The average molecular weight is 221 g/mol. The van der Waals surface area contributed by atoms with E-state index in [0.717, 1.165) is 5.69 Å². The van der Waals surface area contributed by atoms with Crippen LogP contribution in [-0.4, -0.2) is 17.3 Å². The number of hydrogen-bond donors (Lipinski definition) is 2. The zero-order valence-corrected chi connectivity index (χ0v) is 11.0. The summed E-state index contributed by atoms with van der Waals surface area (Å²) in [6, 6.07) is 6.27. The summed E-state index contributed by atoms with van der Waals surface area (Å²) in [5.74, 6) is 0.242. The summed E-state index contributed by atoms with van der Waals surface area (Å²) in [4.78, 5) is 0. The number of hydrogen-bond acceptors (Lipinski definition) is 2. The maximum absolute atomic E-state index is 10.1. The molecule has 0 aromatic heterocycles. The van der Waals surface area contributed by atoms with Crippen LogP contribution in [0.15, 0.2) is 18.2 Å². The quantitative estimate of drug-likeness (QED) is 0.818. The minimum Gasteiger partial charge on any atom is -0.388 e. The minimum absolute atomic E-state index is 0.242. The van der Waals surface area contributed by atoms with E-state index >= 15 is 0 Å². The molecule has 1 rings (SSSR count). The van der Waals surface area contributed by atoms with Gasteiger partial charge in [-0.1, -0.05) is 19.9 Å². The van der Waals surface area contributed by atoms with Gasteiger partial charge in [0.1, 0.15) is 0 Å². The van der Waals surface area contributed by atoms with Gasteiger partial charge in [0.05, 0.1) is 5.60 Å². The highest BCUT2D eigenvalue weighted by Gasteiger charge is 2.24. The number of benzene rings is 1. The number of aliphatic hydroxyl groups is 1. The standard InChI is InChI=1S/C14H23NO/c1-10(2)14(5,16)9-15-13-7-6-11(3)12(4)8-13/h6-8,10,15-16H,9H2,1-5H3. The third kappa shape index (κ3) is 3.24. The lowest BCUT2D eigenvalue weighted by Gasteiger charge is -2.28. The van der Waals surface area contributed by atoms with Crippen LogP contribution in [0, 0.1) is 19.8 Å². The predicted molar refractivity (Wildman–Crippen MR) is 69.9 cm³/mol. The summed E-state index contributed by atoms with van der Waals surface area (Å²) >= 11 is 0. The van der Waals surface area contributed by atoms with Gasteiger partial charge in [-0.05, 0) is 49.9 Å². The van der Waals surface area contributed by atoms with Gasteiger partial charge in [-0.2, -0.15) is 0 Å². The Morgan fingerprint density at radius 2 is 1.88 bits per heavy atom. The number of rotatable bonds is 4. The van der Waals surface area contributed by atoms with Gasteiger partial charge < -0.3 is 10.4 Å². The first-order chi connectivity index (χ1) is 7.33. The van der Waals surface area contributed by atoms with Crippen molar-refractivity contribution in [3.8, 4) is 0 Å². The lowest BCUT2D eigenvalue weighted by molar-refractivity contribution is 0.0266. The fourth-order valence-corrected chi connectivity index (χ4v) is 1.34. The zero-order chi connectivity index (χ0) is 12.3. The molecule has 2 heteroatoms. The van der Waals surface area contributed by atoms with Gasteiger partial charge in [0.15, 0.2) is 0 Å². The second-order valence-electron chi connectivity index (χ2n) is 5.16. The molecule has 0 saturated carbocycles. The van der Waals surface area contributed by atoms with E-state index in [1.165, 1.54) is 11.1 Å². The molecule has 0 amide bonds. The Kier molecular flexibility index (Phi) is 3.98. The third-order valence-electron chi connectivity index (χ3n) is 3.40. The van der Waals surface area contributed by atoms with Gasteiger partial charge in [0.2, 0.25) is 0 Å². The monoisotopic (exact) mass is 221 g/mol. The van der Waals surface area contributed by atoms with Crippen molar-refractivity contribution in [1.82, 2.24) is 0 Å². The number of anilines is 1. The molecule has 0 bridgehead atoms. The first-order valence-corrected chi connectivity index (χ1v) is 5.86. The second kappa shape index (κ2) is 4.88. The van der Waals surface area contributed by atoms with Gasteiger partial charge in [-0.25, -0.2) is 0 Å². The van der Waals surface area contributed by atoms with Crippen molar-refractivity contribution in [2.45, 2.75) is 40.2 Å². The van der Waals surface area contributed by atoms with E-state index in [1.807, 2.05) is 20.8 Å². The Labute approximate surface area is 98.7 Å². The zero-order valence-electron chi connectivity index (χ0n) is 11.0. The van der Waals surface area contributed by atoms with Crippen molar-refractivity contribution in [3.63, 3.8) is 0 Å². The van der Waals surface area contributed by atoms with E-state index in [9.17, 15) is 5.11 Å². The first kappa shape index (κ1) is 13.0. The molecule has 0 heterocycles. The SMILES string of the molecule is Cc1ccc(NCC(C)(O)C(C)C)cc1C. The molecule has 1 aromatic rings. The van der Waals surface area contributed by atoms with E-state index in [1.54, 1.807) is 0 Å². The van der Waals surface area contributed by atoms with E-state index in [-0.39, 0.29) is 5.92 Å². The molecule has 0 aliphatic rings. The van der Waals surface area contributed by atoms with Crippen molar-refractivity contribution in [2.75, 3.05) is 11.9 Å². The molecule has 0 aliphatic heterocycles. The van der Waals surface area contributed by atoms with Gasteiger partial charge in [-0.15, -0.1) is 0 Å². The summed E-state index contributed by atoms with van der Waals surface area (Å²) in [6.07, 6.45) is 0. The molecule has 90 valence electrons. The lowest BCUT2D eigenvalue weighted by atomic mass is 9.92. The van der Waals surface area contributed by atoms with Crippen molar-refractivity contribution in [1.29, 1.82) is 0 Å². The molecule has 16 heavy (non-hydrogen) atoms. The van der Waals surface area contributed by atoms with Crippen LogP contribution in [0.4, 0.5) is 5.69 Å². The largest absolute Gasteiger partial charge is 0.388 e. The molecule has 1 aromatic carbocycles. The van der Waals surface area contributed by atoms with E-state index in [0.29, 0.717) is 6.54 Å². The summed E-state index contributed by atoms with van der Waals surface area (Å²) in [6.45, 7) is 10.7. The highest BCUT2D eigenvalue weighted by atomic mass is 16.3. The second-order valence-corrected chi connectivity index (χ2v) is 5.16. The van der Waals surface area contributed by atoms with Gasteiger partial charge in [-0.3, -0.25) is 0 Å². The van der Waals surface area contributed by atoms with Crippen molar-refractivity contribution in [3.05, 3.63) is 29.3 Å². The first-order valence-electron chi connectivity index (χ1n) is 5.86. The summed E-state index contributed by atoms with van der Waals surface area (Å²) in [7, 11) is 0. The summed E-state index contributed by atoms with van der Waals surface area (Å²) in [5, 5.41) is 13.4. The van der Waals surface area contributed by atoms with Gasteiger partial charge >= 0.3 is 0 Å². The maximum atomic E-state index is 10.1. The minimum atomic E-state index is -0.668. The van der Waals surface area contributed by atoms with Crippen LogP contribution in [0.2, 0.25) is 0 Å². The summed E-state index contributed by atoms with van der Waals surface area (Å²) < 4.78 is 0. The van der Waals surface area contributed by atoms with Crippen LogP contribution in [0.1, 0.15) is 31.9 Å². The van der Waals surface area contributed by atoms with Gasteiger partial charge in [0.25, 0.3) is 0 Å². The lowest BCUT2D eigenvalue weighted by Crippen LogP contribution is -2.38. The molecule has 1 unspecified atom stereocenters. The molecule has 2 N–H and O–H groups in total. The highest BCUT2D eigenvalue weighted by molar-refractivity contribution is 5.48. The third-order valence-corrected chi connectivity index (χ3v) is 3.40. The fraction of sp³-hybridized carbons (Fsp3) is 0.571. The van der Waals surface area contributed by atoms with Crippen LogP contribution in [-0.2, 0) is 0 Å². The van der Waals surface area contributed by atoms with Crippen LogP contribution >= 0.6 is 0 Å². The van der Waals surface area contributed by atoms with Crippen molar-refractivity contribution >= 4 is 5.69 Å². The Morgan fingerprint density at radius 3 is 2.38 bits per heavy atom. The molecular formula is C14H23NO. The topological polar surface area (TPSA) is 32.3 Å². The molecule has 0 spiro atoms. The van der Waals surface area contributed by atoms with Crippen molar-refractivity contribution < 1.29 is 5.11 Å². The van der Waals surface area contributed by atoms with Gasteiger partial charge in [0, 0.05) is 12.2 Å². The van der Waals surface area contributed by atoms with E-state index < -0.39 is 5.60 Å². The molecule has 1 atom stereocenters. The fourth-order valence-electron chi connectivity index (χ4n) is 1.34. The highest BCUT2D eigenvalue weighted by Crippen LogP contribution is 2.19. The van der Waals surface area contributed by atoms with Crippen LogP contribution in [0.5, 0.6) is 0 Å². The summed E-state index contributed by atoms with van der Waals surface area (Å²) in [5.41, 5.74) is 2.97. The predicted octanol–water partition coefficient (Wildman–Crippen LogP) is 3.12. The average Bonchev–Trinajstić information content (AvgIpc) is 2.20. The van der Waals surface area contributed by atoms with Crippen LogP contribution in [0.25, 0.3) is 0 Å². The maximum Gasteiger partial charge on any atom is 0.0813 e. The number of nitrogens with one attached hydrogen (secondary N) is 1. The van der Waals surface area contributed by atoms with Crippen LogP contribution in [0.3, 0.4) is 0 Å². The smallest absolute Gasteiger partial charge is 0.0813 e. The number of aryl methyl sites for hydroxylation is 2. The molecule has 0 saturated heterocycles. The van der Waals surface area contributed by atoms with E-state index in [2.05, 4.69) is 37.4 Å². The molecule has 0 aliphatic carbocycles. The van der Waals surface area contributed by atoms with Crippen molar-refractivity contribution in [2.24, 2.45) is 5.92 Å².